The van der Waals surface area contributed by atoms with Crippen molar-refractivity contribution in [2.45, 2.75) is 6.17 Å². The highest BCUT2D eigenvalue weighted by Gasteiger charge is 2.18. The van der Waals surface area contributed by atoms with E-state index in [4.69, 9.17) is 10.5 Å². The lowest BCUT2D eigenvalue weighted by atomic mass is 10.1. The van der Waals surface area contributed by atoms with Gasteiger partial charge in [0.15, 0.2) is 0 Å². The molecular formula is C11H15N2O. The van der Waals surface area contributed by atoms with Gasteiger partial charge in [-0.05, 0) is 11.6 Å². The minimum atomic E-state index is -0.00602. The molecule has 0 amide bonds. The van der Waals surface area contributed by atoms with Crippen LogP contribution in [0.2, 0.25) is 0 Å². The van der Waals surface area contributed by atoms with Crippen LogP contribution in [0.5, 0.6) is 0 Å². The summed E-state index contributed by atoms with van der Waals surface area (Å²) < 4.78 is 5.28. The molecule has 0 aromatic heterocycles. The van der Waals surface area contributed by atoms with Crippen LogP contribution in [0.25, 0.3) is 0 Å². The van der Waals surface area contributed by atoms with E-state index in [2.05, 4.69) is 11.0 Å². The zero-order valence-electron chi connectivity index (χ0n) is 8.15. The average molecular weight is 191 g/mol. The summed E-state index contributed by atoms with van der Waals surface area (Å²) in [6.07, 6.45) is -0.00602. The van der Waals surface area contributed by atoms with E-state index in [1.807, 2.05) is 24.3 Å². The summed E-state index contributed by atoms with van der Waals surface area (Å²) in [7, 11) is 0. The lowest BCUT2D eigenvalue weighted by Crippen LogP contribution is -2.42. The van der Waals surface area contributed by atoms with Crippen molar-refractivity contribution in [3.05, 3.63) is 35.9 Å². The molecule has 1 atom stereocenters. The molecule has 14 heavy (non-hydrogen) atoms. The Morgan fingerprint density at radius 1 is 1.29 bits per heavy atom. The van der Waals surface area contributed by atoms with Crippen LogP contribution in [0, 0.1) is 6.07 Å². The van der Waals surface area contributed by atoms with Crippen LogP contribution in [0.4, 0.5) is 0 Å². The molecule has 3 nitrogen and oxygen atoms in total. The summed E-state index contributed by atoms with van der Waals surface area (Å²) in [6, 6.07) is 10.8. The number of ether oxygens (including phenoxy) is 1. The van der Waals surface area contributed by atoms with Gasteiger partial charge in [-0.1, -0.05) is 24.3 Å². The van der Waals surface area contributed by atoms with E-state index >= 15 is 0 Å². The Balaban J connectivity index is 2.03. The van der Waals surface area contributed by atoms with Gasteiger partial charge in [-0.3, -0.25) is 4.90 Å². The Hall–Kier alpha value is -0.900. The number of nitrogens with two attached hydrogens (primary N) is 1. The van der Waals surface area contributed by atoms with Gasteiger partial charge in [0.2, 0.25) is 0 Å². The Morgan fingerprint density at radius 2 is 1.93 bits per heavy atom. The molecule has 0 aliphatic carbocycles. The zero-order valence-corrected chi connectivity index (χ0v) is 8.15. The highest BCUT2D eigenvalue weighted by Crippen LogP contribution is 2.15. The third kappa shape index (κ3) is 2.12. The van der Waals surface area contributed by atoms with Crippen LogP contribution in [-0.2, 0) is 4.74 Å². The van der Waals surface area contributed by atoms with Gasteiger partial charge >= 0.3 is 0 Å². The number of nitrogens with zero attached hydrogens (tertiary/aromatic N) is 1. The average Bonchev–Trinajstić information content (AvgIpc) is 2.30. The molecule has 1 unspecified atom stereocenters. The van der Waals surface area contributed by atoms with Crippen molar-refractivity contribution >= 4 is 0 Å². The third-order valence-electron chi connectivity index (χ3n) is 2.52. The number of hydrogen-bond acceptors (Lipinski definition) is 3. The standard InChI is InChI=1S/C11H15N2O/c12-11(10-4-2-1-3-5-10)13-6-8-14-9-7-13/h2-5,11H,6-9,12H2. The molecule has 0 spiro atoms. The van der Waals surface area contributed by atoms with Crippen LogP contribution in [0.15, 0.2) is 24.3 Å². The second-order valence-corrected chi connectivity index (χ2v) is 3.43. The van der Waals surface area contributed by atoms with Crippen molar-refractivity contribution < 1.29 is 4.74 Å². The fraction of sp³-hybridized carbons (Fsp3) is 0.455. The van der Waals surface area contributed by atoms with Gasteiger partial charge in [0, 0.05) is 13.1 Å². The summed E-state index contributed by atoms with van der Waals surface area (Å²) in [6.45, 7) is 3.40. The number of hydrogen-bond donors (Lipinski definition) is 1. The first-order valence-electron chi connectivity index (χ1n) is 4.91. The highest BCUT2D eigenvalue weighted by atomic mass is 16.5. The second-order valence-electron chi connectivity index (χ2n) is 3.43. The normalized spacial score (nSPS) is 20.6. The molecule has 2 N–H and O–H groups in total. The Labute approximate surface area is 84.5 Å². The molecule has 1 saturated heterocycles. The SMILES string of the molecule is NC(c1cc[c]cc1)N1CCOCC1. The summed E-state index contributed by atoms with van der Waals surface area (Å²) in [4.78, 5) is 2.23. The van der Waals surface area contributed by atoms with Gasteiger partial charge < -0.3 is 10.5 Å². The lowest BCUT2D eigenvalue weighted by Gasteiger charge is -2.32. The smallest absolute Gasteiger partial charge is 0.0837 e. The molecule has 1 heterocycles. The maximum Gasteiger partial charge on any atom is 0.0837 e. The van der Waals surface area contributed by atoms with E-state index in [1.165, 1.54) is 0 Å². The third-order valence-corrected chi connectivity index (χ3v) is 2.52. The van der Waals surface area contributed by atoms with Crippen molar-refractivity contribution in [1.29, 1.82) is 0 Å². The first-order valence-corrected chi connectivity index (χ1v) is 4.91. The van der Waals surface area contributed by atoms with Crippen LogP contribution in [-0.4, -0.2) is 31.2 Å². The predicted molar refractivity (Wildman–Crippen MR) is 54.6 cm³/mol. The highest BCUT2D eigenvalue weighted by molar-refractivity contribution is 5.17. The van der Waals surface area contributed by atoms with Gasteiger partial charge in [-0.15, -0.1) is 0 Å². The predicted octanol–water partition coefficient (Wildman–Crippen LogP) is 0.776. The van der Waals surface area contributed by atoms with Crippen molar-refractivity contribution in [3.63, 3.8) is 0 Å². The fourth-order valence-electron chi connectivity index (χ4n) is 1.66. The van der Waals surface area contributed by atoms with Crippen LogP contribution in [0.3, 0.4) is 0 Å². The molecule has 0 bridgehead atoms. The minimum absolute atomic E-state index is 0.00602. The van der Waals surface area contributed by atoms with E-state index in [9.17, 15) is 0 Å². The van der Waals surface area contributed by atoms with Gasteiger partial charge in [0.05, 0.1) is 19.4 Å². The first-order chi connectivity index (χ1) is 6.88. The number of rotatable bonds is 2. The van der Waals surface area contributed by atoms with Crippen LogP contribution < -0.4 is 5.73 Å². The second kappa shape index (κ2) is 4.55. The van der Waals surface area contributed by atoms with Crippen LogP contribution in [0.1, 0.15) is 11.7 Å². The maximum absolute atomic E-state index is 6.13. The van der Waals surface area contributed by atoms with Gasteiger partial charge in [0.1, 0.15) is 0 Å². The van der Waals surface area contributed by atoms with Gasteiger partial charge in [-0.25, -0.2) is 0 Å². The zero-order chi connectivity index (χ0) is 9.80. The summed E-state index contributed by atoms with van der Waals surface area (Å²) in [5.41, 5.74) is 7.27. The summed E-state index contributed by atoms with van der Waals surface area (Å²) in [5, 5.41) is 0. The monoisotopic (exact) mass is 191 g/mol. The summed E-state index contributed by atoms with van der Waals surface area (Å²) in [5.74, 6) is 0. The minimum Gasteiger partial charge on any atom is -0.379 e. The van der Waals surface area contributed by atoms with Crippen molar-refractivity contribution in [2.75, 3.05) is 26.3 Å². The van der Waals surface area contributed by atoms with Gasteiger partial charge in [0.25, 0.3) is 0 Å². The van der Waals surface area contributed by atoms with Crippen molar-refractivity contribution in [1.82, 2.24) is 4.90 Å². The molecule has 0 saturated carbocycles. The number of benzene rings is 1. The summed E-state index contributed by atoms with van der Waals surface area (Å²) >= 11 is 0. The largest absolute Gasteiger partial charge is 0.379 e. The topological polar surface area (TPSA) is 38.5 Å². The Kier molecular flexibility index (Phi) is 3.14. The first kappa shape index (κ1) is 9.65. The van der Waals surface area contributed by atoms with E-state index in [0.717, 1.165) is 31.9 Å². The molecule has 2 rings (SSSR count). The molecule has 1 fully saturated rings. The molecule has 1 aromatic rings. The molecule has 3 heteroatoms. The van der Waals surface area contributed by atoms with Crippen molar-refractivity contribution in [2.24, 2.45) is 5.73 Å². The Bertz CT molecular complexity index is 270. The quantitative estimate of drug-likeness (QED) is 0.750. The van der Waals surface area contributed by atoms with E-state index in [0.29, 0.717) is 0 Å². The van der Waals surface area contributed by atoms with E-state index in [-0.39, 0.29) is 6.17 Å². The van der Waals surface area contributed by atoms with Crippen molar-refractivity contribution in [3.8, 4) is 0 Å². The van der Waals surface area contributed by atoms with Gasteiger partial charge in [-0.2, -0.15) is 0 Å². The molecule has 75 valence electrons. The lowest BCUT2D eigenvalue weighted by molar-refractivity contribution is 0.0173. The Morgan fingerprint density at radius 3 is 2.57 bits per heavy atom. The van der Waals surface area contributed by atoms with Crippen LogP contribution >= 0.6 is 0 Å². The molecular weight excluding hydrogens is 176 g/mol. The molecule has 1 radical (unpaired) electrons. The van der Waals surface area contributed by atoms with E-state index < -0.39 is 0 Å². The van der Waals surface area contributed by atoms with E-state index in [1.54, 1.807) is 0 Å². The molecule has 1 aliphatic heterocycles. The fourth-order valence-corrected chi connectivity index (χ4v) is 1.66. The number of morpholine rings is 1. The maximum atomic E-state index is 6.13. The molecule has 1 aromatic carbocycles. The molecule has 1 aliphatic rings.